The fraction of sp³-hybridized carbons (Fsp3) is 0.304. The van der Waals surface area contributed by atoms with E-state index in [4.69, 9.17) is 16.3 Å². The van der Waals surface area contributed by atoms with Crippen LogP contribution in [-0.4, -0.2) is 44.8 Å². The van der Waals surface area contributed by atoms with Gasteiger partial charge in [0.25, 0.3) is 0 Å². The summed E-state index contributed by atoms with van der Waals surface area (Å²) in [5.74, 6) is -0.868. The molecular formula is C23H27ClN2O5S. The maximum Gasteiger partial charge on any atom is 0.307 e. The van der Waals surface area contributed by atoms with Crippen LogP contribution >= 0.6 is 11.6 Å². The first-order chi connectivity index (χ1) is 15.2. The standard InChI is InChI=1S/C23H27ClN2O5S/c1-4-26(5-2)32(29,30)20-13-6-17(7-14-20)8-15-22(27)25-21(16-23(28)31-3)18-9-11-19(24)12-10-18/h6-15,21H,4-5,16H2,1-3H3,(H,25,27)/b15-8+. The Kier molecular flexibility index (Phi) is 9.43. The van der Waals surface area contributed by atoms with Gasteiger partial charge in [0, 0.05) is 24.2 Å². The van der Waals surface area contributed by atoms with Crippen molar-refractivity contribution < 1.29 is 22.7 Å². The summed E-state index contributed by atoms with van der Waals surface area (Å²) in [6.07, 6.45) is 2.87. The molecule has 0 fully saturated rings. The predicted molar refractivity (Wildman–Crippen MR) is 125 cm³/mol. The van der Waals surface area contributed by atoms with Crippen molar-refractivity contribution in [2.45, 2.75) is 31.2 Å². The van der Waals surface area contributed by atoms with Crippen molar-refractivity contribution in [3.63, 3.8) is 0 Å². The minimum Gasteiger partial charge on any atom is -0.469 e. The second-order valence-electron chi connectivity index (χ2n) is 6.88. The molecule has 1 unspecified atom stereocenters. The van der Waals surface area contributed by atoms with Crippen LogP contribution in [0.1, 0.15) is 37.4 Å². The zero-order valence-electron chi connectivity index (χ0n) is 18.2. The van der Waals surface area contributed by atoms with Crippen molar-refractivity contribution in [1.82, 2.24) is 9.62 Å². The van der Waals surface area contributed by atoms with Crippen LogP contribution in [-0.2, 0) is 24.3 Å². The minimum absolute atomic E-state index is 0.0321. The van der Waals surface area contributed by atoms with E-state index >= 15 is 0 Å². The van der Waals surface area contributed by atoms with Crippen LogP contribution in [0.4, 0.5) is 0 Å². The van der Waals surface area contributed by atoms with Crippen molar-refractivity contribution in [2.75, 3.05) is 20.2 Å². The van der Waals surface area contributed by atoms with E-state index in [0.717, 1.165) is 0 Å². The van der Waals surface area contributed by atoms with E-state index in [-0.39, 0.29) is 11.3 Å². The van der Waals surface area contributed by atoms with Crippen molar-refractivity contribution in [2.24, 2.45) is 0 Å². The summed E-state index contributed by atoms with van der Waals surface area (Å²) in [6, 6.07) is 12.5. The molecule has 0 heterocycles. The number of methoxy groups -OCH3 is 1. The molecule has 0 aromatic heterocycles. The van der Waals surface area contributed by atoms with Crippen LogP contribution in [0.5, 0.6) is 0 Å². The molecule has 0 radical (unpaired) electrons. The highest BCUT2D eigenvalue weighted by Crippen LogP contribution is 2.20. The zero-order chi connectivity index (χ0) is 23.7. The molecule has 0 aliphatic carbocycles. The van der Waals surface area contributed by atoms with Gasteiger partial charge in [-0.05, 0) is 41.5 Å². The van der Waals surface area contributed by atoms with E-state index in [1.54, 1.807) is 56.3 Å². The quantitative estimate of drug-likeness (QED) is 0.414. The number of nitrogens with one attached hydrogen (secondary N) is 1. The topological polar surface area (TPSA) is 92.8 Å². The van der Waals surface area contributed by atoms with E-state index in [9.17, 15) is 18.0 Å². The summed E-state index contributed by atoms with van der Waals surface area (Å²) in [5.41, 5.74) is 1.38. The highest BCUT2D eigenvalue weighted by molar-refractivity contribution is 7.89. The molecule has 1 N–H and O–H groups in total. The highest BCUT2D eigenvalue weighted by Gasteiger charge is 2.21. The van der Waals surface area contributed by atoms with E-state index in [0.29, 0.717) is 29.2 Å². The monoisotopic (exact) mass is 478 g/mol. The molecule has 0 saturated heterocycles. The second-order valence-corrected chi connectivity index (χ2v) is 9.26. The van der Waals surface area contributed by atoms with E-state index in [1.807, 2.05) is 0 Å². The molecule has 1 atom stereocenters. The van der Waals surface area contributed by atoms with Crippen LogP contribution in [0, 0.1) is 0 Å². The number of sulfonamides is 1. The maximum absolute atomic E-state index is 12.6. The summed E-state index contributed by atoms with van der Waals surface area (Å²) in [4.78, 5) is 24.4. The normalized spacial score (nSPS) is 12.7. The van der Waals surface area contributed by atoms with Crippen molar-refractivity contribution >= 4 is 39.6 Å². The van der Waals surface area contributed by atoms with Crippen LogP contribution < -0.4 is 5.32 Å². The Morgan fingerprint density at radius 1 is 1.06 bits per heavy atom. The minimum atomic E-state index is -3.54. The van der Waals surface area contributed by atoms with Crippen LogP contribution in [0.25, 0.3) is 6.08 Å². The summed E-state index contributed by atoms with van der Waals surface area (Å²) in [7, 11) is -2.25. The maximum atomic E-state index is 12.6. The van der Waals surface area contributed by atoms with Gasteiger partial charge in [0.1, 0.15) is 0 Å². The average Bonchev–Trinajstić information content (AvgIpc) is 2.78. The molecule has 1 amide bonds. The molecule has 7 nitrogen and oxygen atoms in total. The van der Waals surface area contributed by atoms with E-state index < -0.39 is 27.9 Å². The number of esters is 1. The Balaban J connectivity index is 2.12. The van der Waals surface area contributed by atoms with Crippen LogP contribution in [0.15, 0.2) is 59.5 Å². The van der Waals surface area contributed by atoms with Gasteiger partial charge in [0.15, 0.2) is 0 Å². The van der Waals surface area contributed by atoms with Gasteiger partial charge in [0.05, 0.1) is 24.5 Å². The smallest absolute Gasteiger partial charge is 0.307 e. The molecule has 2 rings (SSSR count). The van der Waals surface area contributed by atoms with Gasteiger partial charge in [-0.2, -0.15) is 4.31 Å². The zero-order valence-corrected chi connectivity index (χ0v) is 19.8. The number of amides is 1. The molecule has 32 heavy (non-hydrogen) atoms. The molecule has 2 aromatic carbocycles. The Morgan fingerprint density at radius 2 is 1.66 bits per heavy atom. The van der Waals surface area contributed by atoms with Crippen LogP contribution in [0.2, 0.25) is 5.02 Å². The number of ether oxygens (including phenoxy) is 1. The predicted octanol–water partition coefficient (Wildman–Crippen LogP) is 3.80. The fourth-order valence-electron chi connectivity index (χ4n) is 3.05. The third-order valence-electron chi connectivity index (χ3n) is 4.84. The van der Waals surface area contributed by atoms with E-state index in [1.165, 1.54) is 29.6 Å². The summed E-state index contributed by atoms with van der Waals surface area (Å²) in [5, 5.41) is 3.33. The third kappa shape index (κ3) is 6.91. The molecule has 9 heteroatoms. The van der Waals surface area contributed by atoms with Gasteiger partial charge in [-0.15, -0.1) is 0 Å². The van der Waals surface area contributed by atoms with Gasteiger partial charge in [-0.1, -0.05) is 49.7 Å². The molecule has 0 saturated carbocycles. The van der Waals surface area contributed by atoms with Gasteiger partial charge in [0.2, 0.25) is 15.9 Å². The van der Waals surface area contributed by atoms with Gasteiger partial charge in [-0.3, -0.25) is 9.59 Å². The number of carbonyl (C=O) groups is 2. The number of rotatable bonds is 10. The number of hydrogen-bond donors (Lipinski definition) is 1. The lowest BCUT2D eigenvalue weighted by Crippen LogP contribution is -2.30. The van der Waals surface area contributed by atoms with Gasteiger partial charge in [-0.25, -0.2) is 8.42 Å². The van der Waals surface area contributed by atoms with Gasteiger partial charge >= 0.3 is 5.97 Å². The summed E-state index contributed by atoms with van der Waals surface area (Å²) < 4.78 is 31.2. The molecule has 172 valence electrons. The Bertz CT molecular complexity index is 1050. The second kappa shape index (κ2) is 11.8. The highest BCUT2D eigenvalue weighted by atomic mass is 35.5. The first-order valence-electron chi connectivity index (χ1n) is 10.1. The number of hydrogen-bond acceptors (Lipinski definition) is 5. The van der Waals surface area contributed by atoms with Crippen molar-refractivity contribution in [1.29, 1.82) is 0 Å². The Hall–Kier alpha value is -2.68. The number of halogens is 1. The van der Waals surface area contributed by atoms with Crippen LogP contribution in [0.3, 0.4) is 0 Å². The lowest BCUT2D eigenvalue weighted by Gasteiger charge is -2.18. The molecular weight excluding hydrogens is 452 g/mol. The first kappa shape index (κ1) is 25.6. The largest absolute Gasteiger partial charge is 0.469 e. The fourth-order valence-corrected chi connectivity index (χ4v) is 4.64. The SMILES string of the molecule is CCN(CC)S(=O)(=O)c1ccc(/C=C/C(=O)NC(CC(=O)OC)c2ccc(Cl)cc2)cc1. The van der Waals surface area contributed by atoms with Crippen molar-refractivity contribution in [3.8, 4) is 0 Å². The molecule has 0 aliphatic heterocycles. The van der Waals surface area contributed by atoms with E-state index in [2.05, 4.69) is 5.32 Å². The number of carbonyl (C=O) groups excluding carboxylic acids is 2. The van der Waals surface area contributed by atoms with Crippen molar-refractivity contribution in [3.05, 3.63) is 70.8 Å². The molecule has 0 aliphatic rings. The summed E-state index contributed by atoms with van der Waals surface area (Å²) >= 11 is 5.92. The third-order valence-corrected chi connectivity index (χ3v) is 7.15. The summed E-state index contributed by atoms with van der Waals surface area (Å²) in [6.45, 7) is 4.35. The lowest BCUT2D eigenvalue weighted by atomic mass is 10.0. The molecule has 0 bridgehead atoms. The Labute approximate surface area is 194 Å². The number of nitrogens with zero attached hydrogens (tertiary/aromatic N) is 1. The number of benzene rings is 2. The van der Waals surface area contributed by atoms with Gasteiger partial charge < -0.3 is 10.1 Å². The molecule has 0 spiro atoms. The average molecular weight is 479 g/mol. The molecule has 2 aromatic rings. The first-order valence-corrected chi connectivity index (χ1v) is 11.9. The lowest BCUT2D eigenvalue weighted by molar-refractivity contribution is -0.141. The Morgan fingerprint density at radius 3 is 2.19 bits per heavy atom.